The first-order valence-electron chi connectivity index (χ1n) is 9.68. The van der Waals surface area contributed by atoms with E-state index in [9.17, 15) is 14.4 Å². The molecule has 1 aromatic carbocycles. The molecule has 2 amide bonds. The zero-order valence-electron chi connectivity index (χ0n) is 17.2. The quantitative estimate of drug-likeness (QED) is 0.310. The number of hydrogen-bond donors (Lipinski definition) is 0. The molecule has 1 aliphatic carbocycles. The van der Waals surface area contributed by atoms with E-state index in [0.717, 1.165) is 9.86 Å². The van der Waals surface area contributed by atoms with Crippen LogP contribution in [0.4, 0.5) is 0 Å². The van der Waals surface area contributed by atoms with Crippen molar-refractivity contribution in [2.75, 3.05) is 7.05 Å². The summed E-state index contributed by atoms with van der Waals surface area (Å²) >= 11 is 6.98. The van der Waals surface area contributed by atoms with Gasteiger partial charge in [-0.05, 0) is 54.2 Å². The number of nitrogens with zero attached hydrogens (tertiary/aromatic N) is 2. The monoisotopic (exact) mass is 536 g/mol. The maximum atomic E-state index is 13.5. The van der Waals surface area contributed by atoms with Crippen LogP contribution in [0.15, 0.2) is 33.3 Å². The van der Waals surface area contributed by atoms with E-state index in [1.807, 2.05) is 32.0 Å². The molecule has 8 heteroatoms. The molecule has 2 heterocycles. The maximum absolute atomic E-state index is 13.5. The summed E-state index contributed by atoms with van der Waals surface area (Å²) < 4.78 is 7.33. The standard InChI is InChI=1S/C22H22Br2N2O4/c1-20-9-21(2,18(28)26(4)17(20)27)11-22(3,10-20)19(29)30-16-14(24)8-13(23)12-6-5-7-25-15(12)16/h5-8H,9-11H2,1-4H3. The Morgan fingerprint density at radius 3 is 2.27 bits per heavy atom. The van der Waals surface area contributed by atoms with Crippen molar-refractivity contribution in [2.24, 2.45) is 16.2 Å². The molecule has 1 saturated carbocycles. The molecular formula is C22H22Br2N2O4. The summed E-state index contributed by atoms with van der Waals surface area (Å²) in [4.78, 5) is 44.8. The molecule has 158 valence electrons. The third-order valence-corrected chi connectivity index (χ3v) is 7.67. The lowest BCUT2D eigenvalue weighted by molar-refractivity contribution is -0.181. The van der Waals surface area contributed by atoms with Gasteiger partial charge in [-0.2, -0.15) is 0 Å². The van der Waals surface area contributed by atoms with Crippen LogP contribution in [-0.4, -0.2) is 34.7 Å². The van der Waals surface area contributed by atoms with Gasteiger partial charge in [-0.25, -0.2) is 0 Å². The van der Waals surface area contributed by atoms with Crippen LogP contribution in [0.3, 0.4) is 0 Å². The first-order valence-corrected chi connectivity index (χ1v) is 11.3. The van der Waals surface area contributed by atoms with Gasteiger partial charge in [-0.1, -0.05) is 35.8 Å². The second-order valence-electron chi connectivity index (χ2n) is 9.34. The number of carbonyl (C=O) groups is 3. The van der Waals surface area contributed by atoms with Crippen molar-refractivity contribution in [1.82, 2.24) is 9.88 Å². The molecular weight excluding hydrogens is 516 g/mol. The van der Waals surface area contributed by atoms with Gasteiger partial charge < -0.3 is 4.74 Å². The zero-order valence-corrected chi connectivity index (χ0v) is 20.4. The second kappa shape index (κ2) is 6.85. The van der Waals surface area contributed by atoms with E-state index < -0.39 is 22.2 Å². The summed E-state index contributed by atoms with van der Waals surface area (Å²) in [6.45, 7) is 5.47. The molecule has 1 aliphatic heterocycles. The number of pyridine rings is 1. The van der Waals surface area contributed by atoms with Gasteiger partial charge in [-0.15, -0.1) is 0 Å². The lowest BCUT2D eigenvalue weighted by atomic mass is 9.52. The molecule has 2 unspecified atom stereocenters. The number of amides is 2. The van der Waals surface area contributed by atoms with Crippen LogP contribution in [-0.2, 0) is 14.4 Å². The van der Waals surface area contributed by atoms with Gasteiger partial charge in [-0.3, -0.25) is 24.3 Å². The molecule has 30 heavy (non-hydrogen) atoms. The second-order valence-corrected chi connectivity index (χ2v) is 11.0. The molecule has 0 N–H and O–H groups in total. The van der Waals surface area contributed by atoms with Crippen molar-refractivity contribution in [3.05, 3.63) is 33.3 Å². The Balaban J connectivity index is 1.74. The Labute approximate surface area is 191 Å². The minimum atomic E-state index is -0.984. The predicted octanol–water partition coefficient (Wildman–Crippen LogP) is 4.87. The molecule has 2 atom stereocenters. The molecule has 0 spiro atoms. The minimum absolute atomic E-state index is 0.236. The highest BCUT2D eigenvalue weighted by Crippen LogP contribution is 2.58. The fraction of sp³-hybridized carbons (Fsp3) is 0.455. The largest absolute Gasteiger partial charge is 0.423 e. The average molecular weight is 538 g/mol. The van der Waals surface area contributed by atoms with Crippen LogP contribution in [0.2, 0.25) is 0 Å². The predicted molar refractivity (Wildman–Crippen MR) is 119 cm³/mol. The summed E-state index contributed by atoms with van der Waals surface area (Å²) in [6, 6.07) is 5.51. The van der Waals surface area contributed by atoms with Crippen molar-refractivity contribution in [3.63, 3.8) is 0 Å². The summed E-state index contributed by atoms with van der Waals surface area (Å²) in [5.74, 6) is -0.595. The number of rotatable bonds is 2. The van der Waals surface area contributed by atoms with Gasteiger partial charge in [0.2, 0.25) is 11.8 Å². The van der Waals surface area contributed by atoms with E-state index in [1.165, 1.54) is 11.9 Å². The Hall–Kier alpha value is -1.80. The fourth-order valence-corrected chi connectivity index (χ4v) is 6.93. The number of ether oxygens (including phenoxy) is 1. The lowest BCUT2D eigenvalue weighted by Crippen LogP contribution is -2.63. The third kappa shape index (κ3) is 3.11. The molecule has 6 nitrogen and oxygen atoms in total. The van der Waals surface area contributed by atoms with E-state index in [2.05, 4.69) is 36.8 Å². The number of aromatic nitrogens is 1. The van der Waals surface area contributed by atoms with Gasteiger partial charge in [0, 0.05) is 33.9 Å². The van der Waals surface area contributed by atoms with Crippen LogP contribution < -0.4 is 4.74 Å². The molecule has 0 radical (unpaired) electrons. The van der Waals surface area contributed by atoms with Gasteiger partial charge in [0.25, 0.3) is 0 Å². The Kier molecular flexibility index (Phi) is 4.90. The lowest BCUT2D eigenvalue weighted by Gasteiger charge is -2.55. The normalized spacial score (nSPS) is 31.2. The van der Waals surface area contributed by atoms with Crippen molar-refractivity contribution >= 4 is 60.5 Å². The van der Waals surface area contributed by atoms with E-state index >= 15 is 0 Å². The number of likely N-dealkylation sites (tertiary alicyclic amines) is 1. The van der Waals surface area contributed by atoms with Gasteiger partial charge in [0.15, 0.2) is 5.75 Å². The maximum Gasteiger partial charge on any atom is 0.317 e. The smallest absolute Gasteiger partial charge is 0.317 e. The van der Waals surface area contributed by atoms with Crippen LogP contribution >= 0.6 is 31.9 Å². The molecule has 1 aromatic heterocycles. The van der Waals surface area contributed by atoms with E-state index in [4.69, 9.17) is 4.74 Å². The Morgan fingerprint density at radius 1 is 1.07 bits per heavy atom. The Morgan fingerprint density at radius 2 is 1.67 bits per heavy atom. The number of esters is 1. The summed E-state index contributed by atoms with van der Waals surface area (Å²) in [6.07, 6.45) is 2.73. The number of fused-ring (bicyclic) bond motifs is 3. The van der Waals surface area contributed by atoms with Crippen molar-refractivity contribution in [1.29, 1.82) is 0 Å². The Bertz CT molecular complexity index is 1090. The van der Waals surface area contributed by atoms with E-state index in [0.29, 0.717) is 35.0 Å². The van der Waals surface area contributed by atoms with E-state index in [1.54, 1.807) is 13.1 Å². The molecule has 2 aliphatic rings. The highest BCUT2D eigenvalue weighted by molar-refractivity contribution is 9.11. The molecule has 1 saturated heterocycles. The van der Waals surface area contributed by atoms with Crippen LogP contribution in [0.25, 0.3) is 10.9 Å². The number of piperidine rings is 1. The van der Waals surface area contributed by atoms with Crippen molar-refractivity contribution < 1.29 is 19.1 Å². The van der Waals surface area contributed by atoms with Crippen LogP contribution in [0, 0.1) is 16.2 Å². The van der Waals surface area contributed by atoms with Gasteiger partial charge in [0.05, 0.1) is 9.89 Å². The summed E-state index contributed by atoms with van der Waals surface area (Å²) in [5.41, 5.74) is -2.01. The third-order valence-electron chi connectivity index (χ3n) is 6.42. The highest BCUT2D eigenvalue weighted by Gasteiger charge is 2.63. The van der Waals surface area contributed by atoms with Crippen LogP contribution in [0.5, 0.6) is 5.75 Å². The first kappa shape index (κ1) is 21.4. The molecule has 2 fully saturated rings. The fourth-order valence-electron chi connectivity index (χ4n) is 5.58. The number of imide groups is 1. The van der Waals surface area contributed by atoms with Gasteiger partial charge in [0.1, 0.15) is 5.52 Å². The number of carbonyl (C=O) groups excluding carboxylic acids is 3. The number of hydrogen-bond acceptors (Lipinski definition) is 5. The van der Waals surface area contributed by atoms with Gasteiger partial charge >= 0.3 is 5.97 Å². The summed E-state index contributed by atoms with van der Waals surface area (Å²) in [5, 5.41) is 0.820. The minimum Gasteiger partial charge on any atom is -0.423 e. The topological polar surface area (TPSA) is 76.6 Å². The number of benzene rings is 1. The highest BCUT2D eigenvalue weighted by atomic mass is 79.9. The zero-order chi connectivity index (χ0) is 22.1. The summed E-state index contributed by atoms with van der Waals surface area (Å²) in [7, 11) is 1.53. The SMILES string of the molecule is CN1C(=O)C2(C)CC(C)(C(=O)Oc3c(Br)cc(Br)c4cccnc34)CC(C)(C2)C1=O. The number of halogens is 2. The molecule has 4 rings (SSSR count). The molecule has 2 aromatic rings. The average Bonchev–Trinajstić information content (AvgIpc) is 2.67. The van der Waals surface area contributed by atoms with Crippen molar-refractivity contribution in [3.8, 4) is 5.75 Å². The first-order chi connectivity index (χ1) is 13.9. The van der Waals surface area contributed by atoms with Crippen molar-refractivity contribution in [2.45, 2.75) is 40.0 Å². The molecule has 2 bridgehead atoms. The van der Waals surface area contributed by atoms with E-state index in [-0.39, 0.29) is 11.8 Å². The van der Waals surface area contributed by atoms with Crippen LogP contribution in [0.1, 0.15) is 40.0 Å².